The lowest BCUT2D eigenvalue weighted by Crippen LogP contribution is -2.42. The van der Waals surface area contributed by atoms with Gasteiger partial charge in [-0.1, -0.05) is 42.3 Å². The molecule has 0 unspecified atom stereocenters. The molecule has 4 aromatic rings. The summed E-state index contributed by atoms with van der Waals surface area (Å²) in [7, 11) is -1.00. The van der Waals surface area contributed by atoms with Crippen LogP contribution in [-0.4, -0.2) is 81.3 Å². The molecule has 0 radical (unpaired) electrons. The Morgan fingerprint density at radius 1 is 1.26 bits per heavy atom. The average Bonchev–Trinajstić information content (AvgIpc) is 3.53. The molecule has 14 nitrogen and oxygen atoms in total. The summed E-state index contributed by atoms with van der Waals surface area (Å²) in [6.45, 7) is 4.10. The number of nitrogens with one attached hydrogen (secondary N) is 1. The number of carbonyl (C=O) groups excluding carboxylic acids is 1. The highest BCUT2D eigenvalue weighted by atomic mass is 31.2. The number of aliphatic hydroxyl groups excluding tert-OH is 1. The number of anilines is 2. The molecule has 1 aliphatic rings. The molecule has 5 rings (SSSR count). The molecular weight excluding hydrogens is 620 g/mol. The van der Waals surface area contributed by atoms with Gasteiger partial charge in [-0.3, -0.25) is 13.9 Å². The van der Waals surface area contributed by atoms with Crippen LogP contribution in [0.1, 0.15) is 27.0 Å². The molecule has 0 amide bonds. The van der Waals surface area contributed by atoms with Crippen LogP contribution in [0.25, 0.3) is 21.9 Å². The van der Waals surface area contributed by atoms with Crippen molar-refractivity contribution in [1.29, 1.82) is 0 Å². The third-order valence-corrected chi connectivity index (χ3v) is 8.83. The number of alkyl halides is 1. The maximum absolute atomic E-state index is 16.4. The van der Waals surface area contributed by atoms with E-state index in [4.69, 9.17) is 30.7 Å². The summed E-state index contributed by atoms with van der Waals surface area (Å²) in [4.78, 5) is 26.9. The lowest BCUT2D eigenvalue weighted by Gasteiger charge is -2.25. The predicted octanol–water partition coefficient (Wildman–Crippen LogP) is 3.36. The number of fused-ring (bicyclic) bond motifs is 2. The Balaban J connectivity index is 1.45. The summed E-state index contributed by atoms with van der Waals surface area (Å²) in [5, 5.41) is 15.1. The van der Waals surface area contributed by atoms with Crippen molar-refractivity contribution in [3.05, 3.63) is 48.8 Å². The fraction of sp³-hybridized carbons (Fsp3) is 0.400. The van der Waals surface area contributed by atoms with E-state index in [2.05, 4.69) is 20.0 Å². The Hall–Kier alpha value is -4.32. The highest BCUT2D eigenvalue weighted by Gasteiger charge is 2.58. The molecule has 1 aliphatic heterocycles. The molecular formula is C30H35FN7O7P. The van der Waals surface area contributed by atoms with E-state index in [1.54, 1.807) is 57.1 Å². The Labute approximate surface area is 264 Å². The lowest BCUT2D eigenvalue weighted by atomic mass is 9.97. The molecule has 1 fully saturated rings. The van der Waals surface area contributed by atoms with Crippen LogP contribution in [0, 0.1) is 12.3 Å². The van der Waals surface area contributed by atoms with Gasteiger partial charge in [-0.2, -0.15) is 15.1 Å². The van der Waals surface area contributed by atoms with Gasteiger partial charge in [-0.15, -0.1) is 6.42 Å². The summed E-state index contributed by atoms with van der Waals surface area (Å²) in [6, 6.07) is 11.2. The van der Waals surface area contributed by atoms with Gasteiger partial charge in [0.2, 0.25) is 11.6 Å². The molecule has 0 saturated carbocycles. The van der Waals surface area contributed by atoms with E-state index in [1.807, 2.05) is 24.1 Å². The topological polar surface area (TPSA) is 176 Å². The highest BCUT2D eigenvalue weighted by molar-refractivity contribution is 7.52. The number of carbonyl (C=O) groups is 1. The smallest absolute Gasteiger partial charge is 0.459 e. The standard InChI is InChI=1S/C30H35FN7O7P/c1-7-30(31)24(39)22(44-28(30)38-16-33-23-25(37(5)6)34-29(32)35-26(23)38)15-42-46(41,36-18(4)27(40)43-17(2)3)45-21-14-10-12-19-11-8-9-13-20(19)21/h1,8-14,16-18,22,24,28,39H,15H2,2-6H3,(H,36,41)(H2,32,34,35)/t18-,22+,24+,28+,30+,46+/m0/s1. The van der Waals surface area contributed by atoms with Crippen molar-refractivity contribution in [3.63, 3.8) is 0 Å². The second-order valence-corrected chi connectivity index (χ2v) is 12.9. The number of esters is 1. The Morgan fingerprint density at radius 3 is 2.67 bits per heavy atom. The molecule has 2 aromatic carbocycles. The number of hydrogen-bond donors (Lipinski definition) is 3. The SMILES string of the molecule is C#C[C@@]1(F)[C@H](O)[C@@H](CO[P@](=O)(N[C@@H](C)C(=O)OC(C)C)Oc2cccc3ccccc23)O[C@H]1n1cnc2c(N(C)C)nc(N)nc21. The fourth-order valence-corrected chi connectivity index (χ4v) is 6.52. The summed E-state index contributed by atoms with van der Waals surface area (Å²) in [6.07, 6.45) is 1.35. The van der Waals surface area contributed by atoms with Gasteiger partial charge in [-0.25, -0.2) is 13.9 Å². The van der Waals surface area contributed by atoms with Crippen LogP contribution in [0.15, 0.2) is 48.8 Å². The second-order valence-electron chi connectivity index (χ2n) is 11.2. The molecule has 2 aromatic heterocycles. The van der Waals surface area contributed by atoms with Crippen molar-refractivity contribution in [2.75, 3.05) is 31.3 Å². The van der Waals surface area contributed by atoms with Gasteiger partial charge in [0.15, 0.2) is 23.2 Å². The number of ether oxygens (including phenoxy) is 2. The first-order valence-electron chi connectivity index (χ1n) is 14.3. The quantitative estimate of drug-likeness (QED) is 0.122. The van der Waals surface area contributed by atoms with Crippen LogP contribution in [0.3, 0.4) is 0 Å². The van der Waals surface area contributed by atoms with Gasteiger partial charge in [0.25, 0.3) is 0 Å². The molecule has 0 aliphatic carbocycles. The number of terminal acetylenes is 1. The van der Waals surface area contributed by atoms with Gasteiger partial charge in [-0.05, 0) is 32.2 Å². The molecule has 3 heterocycles. The first-order valence-corrected chi connectivity index (χ1v) is 15.9. The zero-order chi connectivity index (χ0) is 33.4. The van der Waals surface area contributed by atoms with Crippen molar-refractivity contribution < 1.29 is 37.4 Å². The molecule has 6 atom stereocenters. The van der Waals surface area contributed by atoms with Crippen molar-refractivity contribution in [2.45, 2.75) is 57.0 Å². The number of rotatable bonds is 11. The minimum absolute atomic E-state index is 0.107. The Bertz CT molecular complexity index is 1840. The zero-order valence-corrected chi connectivity index (χ0v) is 26.7. The maximum atomic E-state index is 16.4. The number of nitrogen functional groups attached to an aromatic ring is 1. The number of hydrogen-bond acceptors (Lipinski definition) is 12. The largest absolute Gasteiger partial charge is 0.462 e. The number of aromatic nitrogens is 4. The molecule has 244 valence electrons. The maximum Gasteiger partial charge on any atom is 0.459 e. The van der Waals surface area contributed by atoms with E-state index in [-0.39, 0.29) is 22.9 Å². The van der Waals surface area contributed by atoms with E-state index in [0.29, 0.717) is 11.2 Å². The van der Waals surface area contributed by atoms with E-state index >= 15 is 4.39 Å². The monoisotopic (exact) mass is 655 g/mol. The van der Waals surface area contributed by atoms with Gasteiger partial charge < -0.3 is 29.7 Å². The van der Waals surface area contributed by atoms with Crippen LogP contribution in [0.2, 0.25) is 0 Å². The first-order chi connectivity index (χ1) is 21.8. The van der Waals surface area contributed by atoms with Crippen LogP contribution in [0.5, 0.6) is 5.75 Å². The summed E-state index contributed by atoms with van der Waals surface area (Å²) in [5.74, 6) is 1.73. The summed E-state index contributed by atoms with van der Waals surface area (Å²) < 4.78 is 54.7. The second kappa shape index (κ2) is 12.8. The lowest BCUT2D eigenvalue weighted by molar-refractivity contribution is -0.149. The number of benzene rings is 2. The van der Waals surface area contributed by atoms with Crippen molar-refractivity contribution in [2.24, 2.45) is 0 Å². The van der Waals surface area contributed by atoms with Gasteiger partial charge in [0.05, 0.1) is 19.0 Å². The number of nitrogens with two attached hydrogens (primary N) is 1. The molecule has 4 N–H and O–H groups in total. The Kier molecular flexibility index (Phi) is 9.21. The first kappa shape index (κ1) is 33.1. The molecule has 0 spiro atoms. The van der Waals surface area contributed by atoms with E-state index in [1.165, 1.54) is 17.8 Å². The minimum Gasteiger partial charge on any atom is -0.462 e. The fourth-order valence-electron chi connectivity index (χ4n) is 5.00. The van der Waals surface area contributed by atoms with E-state index in [9.17, 15) is 14.5 Å². The Morgan fingerprint density at radius 2 is 1.98 bits per heavy atom. The molecule has 1 saturated heterocycles. The van der Waals surface area contributed by atoms with Crippen LogP contribution in [0.4, 0.5) is 16.2 Å². The minimum atomic E-state index is -4.45. The predicted molar refractivity (Wildman–Crippen MR) is 169 cm³/mol. The van der Waals surface area contributed by atoms with Gasteiger partial charge >= 0.3 is 13.7 Å². The molecule has 0 bridgehead atoms. The third kappa shape index (κ3) is 6.35. The van der Waals surface area contributed by atoms with E-state index < -0.39 is 56.6 Å². The highest BCUT2D eigenvalue weighted by Crippen LogP contribution is 2.49. The van der Waals surface area contributed by atoms with Crippen molar-refractivity contribution >= 4 is 47.4 Å². The van der Waals surface area contributed by atoms with Crippen LogP contribution in [-0.2, 0) is 23.4 Å². The van der Waals surface area contributed by atoms with Crippen LogP contribution < -0.4 is 20.2 Å². The normalized spacial score (nSPS) is 23.2. The average molecular weight is 656 g/mol. The number of imidazole rings is 1. The summed E-state index contributed by atoms with van der Waals surface area (Å²) >= 11 is 0. The number of nitrogens with zero attached hydrogens (tertiary/aromatic N) is 5. The van der Waals surface area contributed by atoms with E-state index in [0.717, 1.165) is 5.39 Å². The molecule has 46 heavy (non-hydrogen) atoms. The number of aliphatic hydroxyl groups is 1. The van der Waals surface area contributed by atoms with Gasteiger partial charge in [0, 0.05) is 19.5 Å². The van der Waals surface area contributed by atoms with Gasteiger partial charge in [0.1, 0.15) is 24.0 Å². The number of halogens is 1. The van der Waals surface area contributed by atoms with Crippen molar-refractivity contribution in [3.8, 4) is 18.1 Å². The molecule has 16 heteroatoms. The van der Waals surface area contributed by atoms with Crippen LogP contribution >= 0.6 is 7.75 Å². The van der Waals surface area contributed by atoms with Crippen molar-refractivity contribution in [1.82, 2.24) is 24.6 Å². The third-order valence-electron chi connectivity index (χ3n) is 7.20. The summed E-state index contributed by atoms with van der Waals surface area (Å²) in [5.41, 5.74) is 3.50. The zero-order valence-electron chi connectivity index (χ0n) is 25.8.